The van der Waals surface area contributed by atoms with Gasteiger partial charge in [0.25, 0.3) is 0 Å². The van der Waals surface area contributed by atoms with Crippen molar-refractivity contribution in [2.75, 3.05) is 0 Å². The molecule has 1 unspecified atom stereocenters. The van der Waals surface area contributed by atoms with Gasteiger partial charge in [0.15, 0.2) is 0 Å². The summed E-state index contributed by atoms with van der Waals surface area (Å²) in [7, 11) is 0. The summed E-state index contributed by atoms with van der Waals surface area (Å²) in [5, 5.41) is 11.1. The number of nitriles is 1. The normalized spacial score (nSPS) is 12.2. The number of hydrogen-bond donors (Lipinski definition) is 0. The van der Waals surface area contributed by atoms with Crippen LogP contribution in [0.5, 0.6) is 0 Å². The van der Waals surface area contributed by atoms with E-state index >= 15 is 0 Å². The second-order valence-corrected chi connectivity index (χ2v) is 5.00. The Hall–Kier alpha value is -1.60. The Morgan fingerprint density at radius 3 is 2.94 bits per heavy atom. The summed E-state index contributed by atoms with van der Waals surface area (Å²) in [6.07, 6.45) is 3.11. The van der Waals surface area contributed by atoms with Gasteiger partial charge in [-0.15, -0.1) is 11.8 Å². The molecule has 0 N–H and O–H groups in total. The number of hydrogen-bond acceptors (Lipinski definition) is 4. The first kappa shape index (κ1) is 11.9. The van der Waals surface area contributed by atoms with E-state index in [4.69, 9.17) is 5.26 Å². The molecule has 1 aromatic carbocycles. The van der Waals surface area contributed by atoms with Crippen molar-refractivity contribution >= 4 is 22.7 Å². The Bertz CT molecular complexity index is 542. The van der Waals surface area contributed by atoms with E-state index in [1.54, 1.807) is 18.1 Å². The van der Waals surface area contributed by atoms with Gasteiger partial charge in [-0.3, -0.25) is 0 Å². The third kappa shape index (κ3) is 2.75. The molecule has 0 aliphatic rings. The Balaban J connectivity index is 2.32. The lowest BCUT2D eigenvalue weighted by Gasteiger charge is -2.10. The van der Waals surface area contributed by atoms with Crippen LogP contribution in [-0.2, 0) is 0 Å². The molecule has 0 saturated carbocycles. The molecule has 2 rings (SSSR count). The molecule has 3 nitrogen and oxygen atoms in total. The van der Waals surface area contributed by atoms with E-state index in [0.29, 0.717) is 11.7 Å². The van der Waals surface area contributed by atoms with Gasteiger partial charge in [-0.05, 0) is 12.5 Å². The molecule has 0 bridgehead atoms. The standard InChI is InChI=1S/C13H13N3S/c1-2-10(7-8-14)17-13-11-5-3-4-6-12(11)15-9-16-13/h3-6,9-10H,2,7H2,1H3. The largest absolute Gasteiger partial charge is 0.236 e. The van der Waals surface area contributed by atoms with Crippen LogP contribution < -0.4 is 0 Å². The molecule has 2 aromatic rings. The first-order valence-electron chi connectivity index (χ1n) is 5.58. The van der Waals surface area contributed by atoms with Crippen molar-refractivity contribution in [3.05, 3.63) is 30.6 Å². The maximum Gasteiger partial charge on any atom is 0.117 e. The van der Waals surface area contributed by atoms with Gasteiger partial charge in [0.2, 0.25) is 0 Å². The summed E-state index contributed by atoms with van der Waals surface area (Å²) in [4.78, 5) is 8.55. The van der Waals surface area contributed by atoms with Crippen LogP contribution in [-0.4, -0.2) is 15.2 Å². The Labute approximate surface area is 105 Å². The fraction of sp³-hybridized carbons (Fsp3) is 0.308. The second-order valence-electron chi connectivity index (χ2n) is 3.71. The van der Waals surface area contributed by atoms with Crippen molar-refractivity contribution in [2.45, 2.75) is 30.0 Å². The molecule has 1 atom stereocenters. The van der Waals surface area contributed by atoms with E-state index in [9.17, 15) is 0 Å². The van der Waals surface area contributed by atoms with Gasteiger partial charge < -0.3 is 0 Å². The van der Waals surface area contributed by atoms with E-state index in [2.05, 4.69) is 23.0 Å². The van der Waals surface area contributed by atoms with Crippen molar-refractivity contribution in [1.82, 2.24) is 9.97 Å². The summed E-state index contributed by atoms with van der Waals surface area (Å²) in [6.45, 7) is 2.10. The highest BCUT2D eigenvalue weighted by Crippen LogP contribution is 2.30. The molecule has 86 valence electrons. The molecule has 0 radical (unpaired) electrons. The monoisotopic (exact) mass is 243 g/mol. The molecule has 4 heteroatoms. The average Bonchev–Trinajstić information content (AvgIpc) is 2.38. The van der Waals surface area contributed by atoms with E-state index in [1.807, 2.05) is 24.3 Å². The van der Waals surface area contributed by atoms with Crippen LogP contribution in [0.15, 0.2) is 35.6 Å². The number of aromatic nitrogens is 2. The topological polar surface area (TPSA) is 49.6 Å². The highest BCUT2D eigenvalue weighted by atomic mass is 32.2. The second kappa shape index (κ2) is 5.65. The minimum absolute atomic E-state index is 0.304. The lowest BCUT2D eigenvalue weighted by Crippen LogP contribution is -2.00. The van der Waals surface area contributed by atoms with E-state index in [-0.39, 0.29) is 0 Å². The number of para-hydroxylation sites is 1. The fourth-order valence-electron chi connectivity index (χ4n) is 1.60. The van der Waals surface area contributed by atoms with E-state index in [1.165, 1.54) is 0 Å². The number of benzene rings is 1. The lowest BCUT2D eigenvalue weighted by molar-refractivity contribution is 0.840. The summed E-state index contributed by atoms with van der Waals surface area (Å²) >= 11 is 1.67. The molecular formula is C13H13N3S. The number of thioether (sulfide) groups is 1. The summed E-state index contributed by atoms with van der Waals surface area (Å²) in [6, 6.07) is 10.2. The Morgan fingerprint density at radius 1 is 1.35 bits per heavy atom. The molecule has 0 saturated heterocycles. The zero-order chi connectivity index (χ0) is 12.1. The predicted octanol–water partition coefficient (Wildman–Crippen LogP) is 3.41. The summed E-state index contributed by atoms with van der Waals surface area (Å²) in [5.74, 6) is 0. The van der Waals surface area contributed by atoms with Gasteiger partial charge in [-0.1, -0.05) is 25.1 Å². The first-order valence-corrected chi connectivity index (χ1v) is 6.46. The van der Waals surface area contributed by atoms with Gasteiger partial charge in [0.05, 0.1) is 11.6 Å². The molecule has 1 heterocycles. The zero-order valence-electron chi connectivity index (χ0n) is 9.63. The first-order chi connectivity index (χ1) is 8.35. The van der Waals surface area contributed by atoms with Crippen molar-refractivity contribution in [2.24, 2.45) is 0 Å². The van der Waals surface area contributed by atoms with Crippen molar-refractivity contribution < 1.29 is 0 Å². The van der Waals surface area contributed by atoms with Crippen LogP contribution in [0.4, 0.5) is 0 Å². The lowest BCUT2D eigenvalue weighted by atomic mass is 10.2. The third-order valence-electron chi connectivity index (χ3n) is 2.56. The number of nitrogens with zero attached hydrogens (tertiary/aromatic N) is 3. The Morgan fingerprint density at radius 2 is 2.18 bits per heavy atom. The number of fused-ring (bicyclic) bond motifs is 1. The van der Waals surface area contributed by atoms with Crippen molar-refractivity contribution in [1.29, 1.82) is 5.26 Å². The molecule has 0 aliphatic carbocycles. The van der Waals surface area contributed by atoms with Crippen LogP contribution in [0.1, 0.15) is 19.8 Å². The van der Waals surface area contributed by atoms with Crippen molar-refractivity contribution in [3.63, 3.8) is 0 Å². The van der Waals surface area contributed by atoms with Crippen LogP contribution in [0.3, 0.4) is 0 Å². The quantitative estimate of drug-likeness (QED) is 0.610. The van der Waals surface area contributed by atoms with E-state index < -0.39 is 0 Å². The van der Waals surface area contributed by atoms with Crippen LogP contribution in [0.2, 0.25) is 0 Å². The van der Waals surface area contributed by atoms with E-state index in [0.717, 1.165) is 22.3 Å². The minimum atomic E-state index is 0.304. The zero-order valence-corrected chi connectivity index (χ0v) is 10.4. The predicted molar refractivity (Wildman–Crippen MR) is 69.7 cm³/mol. The summed E-state index contributed by atoms with van der Waals surface area (Å²) < 4.78 is 0. The smallest absolute Gasteiger partial charge is 0.117 e. The minimum Gasteiger partial charge on any atom is -0.236 e. The highest BCUT2D eigenvalue weighted by Gasteiger charge is 2.11. The molecule has 0 amide bonds. The SMILES string of the molecule is CCC(CC#N)Sc1ncnc2ccccc12. The Kier molecular flexibility index (Phi) is 3.94. The van der Waals surface area contributed by atoms with Gasteiger partial charge in [-0.2, -0.15) is 5.26 Å². The van der Waals surface area contributed by atoms with Gasteiger partial charge in [-0.25, -0.2) is 9.97 Å². The van der Waals surface area contributed by atoms with Crippen molar-refractivity contribution in [3.8, 4) is 6.07 Å². The molecule has 0 aliphatic heterocycles. The molecular weight excluding hydrogens is 230 g/mol. The van der Waals surface area contributed by atoms with Gasteiger partial charge >= 0.3 is 0 Å². The van der Waals surface area contributed by atoms with Crippen LogP contribution in [0.25, 0.3) is 10.9 Å². The van der Waals surface area contributed by atoms with Crippen LogP contribution in [0, 0.1) is 11.3 Å². The maximum atomic E-state index is 8.76. The third-order valence-corrected chi connectivity index (χ3v) is 3.94. The summed E-state index contributed by atoms with van der Waals surface area (Å²) in [5.41, 5.74) is 0.955. The molecule has 0 fully saturated rings. The van der Waals surface area contributed by atoms with Gasteiger partial charge in [0, 0.05) is 17.1 Å². The average molecular weight is 243 g/mol. The highest BCUT2D eigenvalue weighted by molar-refractivity contribution is 8.00. The molecule has 1 aromatic heterocycles. The maximum absolute atomic E-state index is 8.76. The van der Waals surface area contributed by atoms with Crippen LogP contribution >= 0.6 is 11.8 Å². The van der Waals surface area contributed by atoms with Gasteiger partial charge in [0.1, 0.15) is 11.4 Å². The number of rotatable bonds is 4. The fourth-order valence-corrected chi connectivity index (χ4v) is 2.65. The molecule has 17 heavy (non-hydrogen) atoms. The molecule has 0 spiro atoms.